The minimum atomic E-state index is -0.473. The van der Waals surface area contributed by atoms with E-state index in [1.807, 2.05) is 6.92 Å². The second-order valence-electron chi connectivity index (χ2n) is 5.37. The molecule has 0 radical (unpaired) electrons. The van der Waals surface area contributed by atoms with Gasteiger partial charge in [0.25, 0.3) is 0 Å². The summed E-state index contributed by atoms with van der Waals surface area (Å²) in [7, 11) is 1.61. The molecule has 3 fully saturated rings. The van der Waals surface area contributed by atoms with Gasteiger partial charge < -0.3 is 23.7 Å². The average Bonchev–Trinajstić information content (AvgIpc) is 2.38. The van der Waals surface area contributed by atoms with E-state index in [1.54, 1.807) is 14.0 Å². The molecule has 108 valence electrons. The van der Waals surface area contributed by atoms with Crippen molar-refractivity contribution in [2.24, 2.45) is 0 Å². The van der Waals surface area contributed by atoms with Crippen LogP contribution in [0.2, 0.25) is 0 Å². The molecule has 0 aromatic heterocycles. The van der Waals surface area contributed by atoms with Gasteiger partial charge in [0.15, 0.2) is 18.4 Å². The Balaban J connectivity index is 1.72. The zero-order chi connectivity index (χ0) is 13.6. The Morgan fingerprint density at radius 2 is 1.89 bits per heavy atom. The first-order valence-corrected chi connectivity index (χ1v) is 6.76. The lowest BCUT2D eigenvalue weighted by molar-refractivity contribution is -0.360. The van der Waals surface area contributed by atoms with Crippen LogP contribution in [0.1, 0.15) is 26.7 Å². The maximum absolute atomic E-state index is 11.7. The van der Waals surface area contributed by atoms with Crippen molar-refractivity contribution in [1.29, 1.82) is 0 Å². The van der Waals surface area contributed by atoms with Crippen LogP contribution in [-0.4, -0.2) is 56.0 Å². The summed E-state index contributed by atoms with van der Waals surface area (Å²) in [5, 5.41) is 0. The van der Waals surface area contributed by atoms with Crippen molar-refractivity contribution < 1.29 is 28.5 Å². The monoisotopic (exact) mass is 272 g/mol. The molecule has 0 amide bonds. The van der Waals surface area contributed by atoms with Crippen LogP contribution in [0.5, 0.6) is 0 Å². The number of Topliss-reactive ketones (excluding diaryl/α,β-unsaturated/α-hetero) is 1. The van der Waals surface area contributed by atoms with Crippen molar-refractivity contribution in [2.45, 2.75) is 69.8 Å². The third kappa shape index (κ3) is 2.43. The summed E-state index contributed by atoms with van der Waals surface area (Å²) in [6.45, 7) is 3.68. The number of rotatable bonds is 1. The summed E-state index contributed by atoms with van der Waals surface area (Å²) >= 11 is 0. The molecule has 0 N–H and O–H groups in total. The molecular weight excluding hydrogens is 252 g/mol. The molecule has 6 nitrogen and oxygen atoms in total. The summed E-state index contributed by atoms with van der Waals surface area (Å²) in [5.74, 6) is 0.0618. The number of carbonyl (C=O) groups is 1. The van der Waals surface area contributed by atoms with Crippen LogP contribution in [0.25, 0.3) is 0 Å². The summed E-state index contributed by atoms with van der Waals surface area (Å²) in [4.78, 5) is 11.7. The molecule has 0 aromatic rings. The lowest BCUT2D eigenvalue weighted by atomic mass is 9.97. The van der Waals surface area contributed by atoms with E-state index in [9.17, 15) is 4.79 Å². The Labute approximate surface area is 112 Å². The molecule has 0 spiro atoms. The fourth-order valence-corrected chi connectivity index (χ4v) is 2.92. The maximum atomic E-state index is 11.7. The third-order valence-corrected chi connectivity index (χ3v) is 4.02. The quantitative estimate of drug-likeness (QED) is 0.697. The van der Waals surface area contributed by atoms with Crippen LogP contribution in [0.4, 0.5) is 0 Å². The van der Waals surface area contributed by atoms with E-state index >= 15 is 0 Å². The highest BCUT2D eigenvalue weighted by Crippen LogP contribution is 2.35. The van der Waals surface area contributed by atoms with Gasteiger partial charge in [0.05, 0.1) is 12.2 Å². The second-order valence-corrected chi connectivity index (χ2v) is 5.37. The van der Waals surface area contributed by atoms with E-state index in [0.717, 1.165) is 0 Å². The van der Waals surface area contributed by atoms with Crippen LogP contribution in [0.15, 0.2) is 0 Å². The maximum Gasteiger partial charge on any atom is 0.185 e. The predicted molar refractivity (Wildman–Crippen MR) is 63.5 cm³/mol. The topological polar surface area (TPSA) is 63.2 Å². The number of ketones is 1. The highest BCUT2D eigenvalue weighted by atomic mass is 16.8. The van der Waals surface area contributed by atoms with Gasteiger partial charge >= 0.3 is 0 Å². The van der Waals surface area contributed by atoms with Gasteiger partial charge in [0.2, 0.25) is 0 Å². The van der Waals surface area contributed by atoms with E-state index < -0.39 is 12.4 Å². The van der Waals surface area contributed by atoms with Gasteiger partial charge in [0, 0.05) is 20.0 Å². The van der Waals surface area contributed by atoms with E-state index in [2.05, 4.69) is 0 Å². The van der Waals surface area contributed by atoms with Crippen molar-refractivity contribution >= 4 is 5.78 Å². The minimum Gasteiger partial charge on any atom is -0.366 e. The standard InChI is InChI=1S/C13H20O6/c1-6-8(14)4-10-13(17-6)19-12-7(2)16-11(15-3)5-9(12)18-10/h6-7,9-13H,4-5H2,1-3H3/t6-,7+,9-,10-,11-,12+,13-/m0/s1. The predicted octanol–water partition coefficient (Wildman–Crippen LogP) is 0.624. The van der Waals surface area contributed by atoms with Crippen LogP contribution < -0.4 is 0 Å². The lowest BCUT2D eigenvalue weighted by Crippen LogP contribution is -2.61. The highest BCUT2D eigenvalue weighted by Gasteiger charge is 2.49. The first-order valence-electron chi connectivity index (χ1n) is 6.76. The molecule has 0 aliphatic carbocycles. The SMILES string of the molecule is CO[C@@H]1C[C@@H]2O[C@H]3CC(=O)[C@H](C)O[C@H]3O[C@@H]2[C@@H](C)O1. The third-order valence-electron chi connectivity index (χ3n) is 4.02. The summed E-state index contributed by atoms with van der Waals surface area (Å²) in [5.41, 5.74) is 0. The molecule has 6 heteroatoms. The van der Waals surface area contributed by atoms with E-state index in [4.69, 9.17) is 23.7 Å². The van der Waals surface area contributed by atoms with E-state index in [-0.39, 0.29) is 36.5 Å². The smallest absolute Gasteiger partial charge is 0.185 e. The Morgan fingerprint density at radius 1 is 1.11 bits per heavy atom. The molecule has 0 aromatic carbocycles. The molecule has 0 bridgehead atoms. The summed E-state index contributed by atoms with van der Waals surface area (Å²) in [6, 6.07) is 0. The van der Waals surface area contributed by atoms with Crippen LogP contribution in [0, 0.1) is 0 Å². The van der Waals surface area contributed by atoms with Crippen LogP contribution in [-0.2, 0) is 28.5 Å². The highest BCUT2D eigenvalue weighted by molar-refractivity contribution is 5.83. The molecule has 3 aliphatic rings. The lowest BCUT2D eigenvalue weighted by Gasteiger charge is -2.49. The Morgan fingerprint density at radius 3 is 2.63 bits per heavy atom. The Hall–Kier alpha value is -0.530. The second kappa shape index (κ2) is 5.10. The largest absolute Gasteiger partial charge is 0.366 e. The van der Waals surface area contributed by atoms with Gasteiger partial charge in [-0.15, -0.1) is 0 Å². The zero-order valence-electron chi connectivity index (χ0n) is 11.4. The van der Waals surface area contributed by atoms with E-state index in [1.165, 1.54) is 0 Å². The molecule has 19 heavy (non-hydrogen) atoms. The van der Waals surface area contributed by atoms with Crippen molar-refractivity contribution in [3.05, 3.63) is 0 Å². The normalized spacial score (nSPS) is 50.5. The first-order chi connectivity index (χ1) is 9.08. The average molecular weight is 272 g/mol. The van der Waals surface area contributed by atoms with Gasteiger partial charge in [-0.05, 0) is 13.8 Å². The zero-order valence-corrected chi connectivity index (χ0v) is 11.4. The minimum absolute atomic E-state index is 0.0618. The molecule has 0 saturated carbocycles. The molecule has 3 rings (SSSR count). The van der Waals surface area contributed by atoms with Crippen LogP contribution >= 0.6 is 0 Å². The summed E-state index contributed by atoms with van der Waals surface area (Å²) < 4.78 is 28.4. The van der Waals surface area contributed by atoms with E-state index in [0.29, 0.717) is 12.8 Å². The number of ether oxygens (including phenoxy) is 5. The van der Waals surface area contributed by atoms with Crippen molar-refractivity contribution in [1.82, 2.24) is 0 Å². The van der Waals surface area contributed by atoms with Crippen LogP contribution in [0.3, 0.4) is 0 Å². The Kier molecular flexibility index (Phi) is 3.61. The molecule has 3 saturated heterocycles. The fraction of sp³-hybridized carbons (Fsp3) is 0.923. The number of fused-ring (bicyclic) bond motifs is 2. The van der Waals surface area contributed by atoms with Gasteiger partial charge in [0.1, 0.15) is 18.3 Å². The Bertz CT molecular complexity index is 359. The van der Waals surface area contributed by atoms with Gasteiger partial charge in [-0.25, -0.2) is 0 Å². The number of methoxy groups -OCH3 is 1. The number of hydrogen-bond donors (Lipinski definition) is 0. The molecule has 7 atom stereocenters. The van der Waals surface area contributed by atoms with Crippen molar-refractivity contribution in [3.8, 4) is 0 Å². The first kappa shape index (κ1) is 13.5. The summed E-state index contributed by atoms with van der Waals surface area (Å²) in [6.07, 6.45) is -0.940. The van der Waals surface area contributed by atoms with Crippen molar-refractivity contribution in [3.63, 3.8) is 0 Å². The molecule has 3 heterocycles. The fourth-order valence-electron chi connectivity index (χ4n) is 2.92. The van der Waals surface area contributed by atoms with Gasteiger partial charge in [-0.3, -0.25) is 4.79 Å². The van der Waals surface area contributed by atoms with Crippen molar-refractivity contribution in [2.75, 3.05) is 7.11 Å². The molecule has 3 aliphatic heterocycles. The number of hydrogen-bond acceptors (Lipinski definition) is 6. The van der Waals surface area contributed by atoms with Gasteiger partial charge in [-0.1, -0.05) is 0 Å². The molecule has 0 unspecified atom stereocenters. The number of carbonyl (C=O) groups excluding carboxylic acids is 1. The molecular formula is C13H20O6. The van der Waals surface area contributed by atoms with Gasteiger partial charge in [-0.2, -0.15) is 0 Å².